The number of carboxylic acid groups (broad SMARTS) is 1. The van der Waals surface area contributed by atoms with Crippen LogP contribution in [0.3, 0.4) is 0 Å². The molecule has 2 unspecified atom stereocenters. The zero-order valence-electron chi connectivity index (χ0n) is 10.9. The molecule has 0 aromatic heterocycles. The Balaban J connectivity index is 1.99. The minimum Gasteiger partial charge on any atom is -0.481 e. The van der Waals surface area contributed by atoms with Gasteiger partial charge in [-0.15, -0.1) is 0 Å². The first-order chi connectivity index (χ1) is 8.15. The van der Waals surface area contributed by atoms with Crippen LogP contribution >= 0.6 is 0 Å². The Bertz CT molecular complexity index is 275. The largest absolute Gasteiger partial charge is 0.481 e. The van der Waals surface area contributed by atoms with Crippen LogP contribution in [0.15, 0.2) is 0 Å². The molecular formula is C14H25NO2. The number of carboxylic acids is 1. The average molecular weight is 239 g/mol. The van der Waals surface area contributed by atoms with Crippen molar-refractivity contribution in [3.63, 3.8) is 0 Å². The average Bonchev–Trinajstić information content (AvgIpc) is 3.09. The zero-order valence-corrected chi connectivity index (χ0v) is 10.9. The Morgan fingerprint density at radius 3 is 2.71 bits per heavy atom. The lowest BCUT2D eigenvalue weighted by Gasteiger charge is -2.41. The summed E-state index contributed by atoms with van der Waals surface area (Å²) in [4.78, 5) is 11.1. The van der Waals surface area contributed by atoms with Crippen molar-refractivity contribution in [1.82, 2.24) is 5.32 Å². The monoisotopic (exact) mass is 239 g/mol. The molecule has 0 saturated heterocycles. The van der Waals surface area contributed by atoms with Gasteiger partial charge in [0.1, 0.15) is 0 Å². The van der Waals surface area contributed by atoms with Crippen molar-refractivity contribution in [1.29, 1.82) is 0 Å². The third-order valence-electron chi connectivity index (χ3n) is 4.41. The Labute approximate surface area is 104 Å². The molecule has 0 bridgehead atoms. The summed E-state index contributed by atoms with van der Waals surface area (Å²) in [5, 5.41) is 12.7. The van der Waals surface area contributed by atoms with Gasteiger partial charge in [0.25, 0.3) is 0 Å². The summed E-state index contributed by atoms with van der Waals surface area (Å²) in [5.41, 5.74) is -0.104. The van der Waals surface area contributed by atoms with Crippen LogP contribution in [0, 0.1) is 11.8 Å². The molecule has 2 N–H and O–H groups in total. The Kier molecular flexibility index (Phi) is 4.08. The number of hydrogen-bond donors (Lipinski definition) is 2. The predicted octanol–water partition coefficient (Wildman–Crippen LogP) is 2.80. The van der Waals surface area contributed by atoms with E-state index >= 15 is 0 Å². The maximum Gasteiger partial charge on any atom is 0.305 e. The summed E-state index contributed by atoms with van der Waals surface area (Å²) >= 11 is 0. The van der Waals surface area contributed by atoms with Gasteiger partial charge in [-0.3, -0.25) is 4.79 Å². The van der Waals surface area contributed by atoms with Crippen molar-refractivity contribution in [3.05, 3.63) is 0 Å². The van der Waals surface area contributed by atoms with Gasteiger partial charge in [0.05, 0.1) is 6.42 Å². The van der Waals surface area contributed by atoms with Gasteiger partial charge in [-0.2, -0.15) is 0 Å². The van der Waals surface area contributed by atoms with Crippen molar-refractivity contribution in [2.45, 2.75) is 63.8 Å². The number of nitrogens with one attached hydrogen (secondary N) is 1. The van der Waals surface area contributed by atoms with E-state index in [9.17, 15) is 4.79 Å². The number of aliphatic carboxylic acids is 1. The van der Waals surface area contributed by atoms with Gasteiger partial charge in [-0.1, -0.05) is 19.8 Å². The minimum absolute atomic E-state index is 0.104. The number of rotatable bonds is 6. The molecule has 2 aliphatic rings. The van der Waals surface area contributed by atoms with Crippen molar-refractivity contribution in [2.24, 2.45) is 11.8 Å². The highest BCUT2D eigenvalue weighted by molar-refractivity contribution is 5.68. The number of carbonyl (C=O) groups is 1. The highest BCUT2D eigenvalue weighted by Crippen LogP contribution is 2.47. The maximum absolute atomic E-state index is 11.1. The lowest BCUT2D eigenvalue weighted by Crippen LogP contribution is -2.50. The smallest absolute Gasteiger partial charge is 0.305 e. The first kappa shape index (κ1) is 12.9. The second-order valence-electron chi connectivity index (χ2n) is 5.97. The van der Waals surface area contributed by atoms with E-state index in [1.165, 1.54) is 25.7 Å². The second-order valence-corrected chi connectivity index (χ2v) is 5.97. The van der Waals surface area contributed by atoms with Crippen LogP contribution in [0.1, 0.15) is 58.3 Å². The molecular weight excluding hydrogens is 214 g/mol. The summed E-state index contributed by atoms with van der Waals surface area (Å²) in [6, 6.07) is 0. The quantitative estimate of drug-likeness (QED) is 0.749. The van der Waals surface area contributed by atoms with Crippen LogP contribution < -0.4 is 5.32 Å². The van der Waals surface area contributed by atoms with E-state index in [0.29, 0.717) is 6.42 Å². The Morgan fingerprint density at radius 1 is 1.35 bits per heavy atom. The van der Waals surface area contributed by atoms with Crippen molar-refractivity contribution >= 4 is 5.97 Å². The van der Waals surface area contributed by atoms with Crippen LogP contribution in [0.25, 0.3) is 0 Å². The van der Waals surface area contributed by atoms with Gasteiger partial charge in [0.15, 0.2) is 0 Å². The van der Waals surface area contributed by atoms with Crippen LogP contribution in [0.2, 0.25) is 0 Å². The van der Waals surface area contributed by atoms with E-state index < -0.39 is 5.97 Å². The van der Waals surface area contributed by atoms with E-state index in [4.69, 9.17) is 5.11 Å². The summed E-state index contributed by atoms with van der Waals surface area (Å²) in [5.74, 6) is 1.05. The lowest BCUT2D eigenvalue weighted by atomic mass is 9.72. The molecule has 2 aliphatic carbocycles. The topological polar surface area (TPSA) is 49.3 Å². The van der Waals surface area contributed by atoms with Crippen molar-refractivity contribution in [2.75, 3.05) is 6.54 Å². The summed E-state index contributed by atoms with van der Waals surface area (Å²) in [6.07, 6.45) is 8.78. The molecule has 0 amide bonds. The third kappa shape index (κ3) is 3.44. The van der Waals surface area contributed by atoms with Gasteiger partial charge in [0.2, 0.25) is 0 Å². The summed E-state index contributed by atoms with van der Waals surface area (Å²) in [7, 11) is 0. The standard InChI is InChI=1S/C14H25NO2/c1-2-8-15-14(10-13(16)17)7-3-4-12(9-14)11-5-6-11/h11-12,15H,2-10H2,1H3,(H,16,17). The molecule has 2 saturated carbocycles. The van der Waals surface area contributed by atoms with Gasteiger partial charge in [0, 0.05) is 5.54 Å². The van der Waals surface area contributed by atoms with Crippen LogP contribution in [0.4, 0.5) is 0 Å². The summed E-state index contributed by atoms with van der Waals surface area (Å²) < 4.78 is 0. The predicted molar refractivity (Wildman–Crippen MR) is 68.0 cm³/mol. The van der Waals surface area contributed by atoms with Crippen LogP contribution in [0.5, 0.6) is 0 Å². The van der Waals surface area contributed by atoms with E-state index in [1.54, 1.807) is 0 Å². The maximum atomic E-state index is 11.1. The van der Waals surface area contributed by atoms with Crippen LogP contribution in [-0.4, -0.2) is 23.2 Å². The molecule has 0 aliphatic heterocycles. The van der Waals surface area contributed by atoms with E-state index in [2.05, 4.69) is 12.2 Å². The van der Waals surface area contributed by atoms with Crippen molar-refractivity contribution < 1.29 is 9.90 Å². The molecule has 0 aromatic carbocycles. The molecule has 17 heavy (non-hydrogen) atoms. The molecule has 2 fully saturated rings. The molecule has 2 rings (SSSR count). The highest BCUT2D eigenvalue weighted by atomic mass is 16.4. The third-order valence-corrected chi connectivity index (χ3v) is 4.41. The van der Waals surface area contributed by atoms with E-state index in [-0.39, 0.29) is 5.54 Å². The molecule has 2 atom stereocenters. The fourth-order valence-corrected chi connectivity index (χ4v) is 3.44. The first-order valence-corrected chi connectivity index (χ1v) is 7.12. The molecule has 3 heteroatoms. The molecule has 98 valence electrons. The second kappa shape index (κ2) is 5.38. The highest BCUT2D eigenvalue weighted by Gasteiger charge is 2.42. The fraction of sp³-hybridized carbons (Fsp3) is 0.929. The first-order valence-electron chi connectivity index (χ1n) is 7.12. The number of hydrogen-bond acceptors (Lipinski definition) is 2. The molecule has 3 nitrogen and oxygen atoms in total. The minimum atomic E-state index is -0.648. The molecule has 0 aromatic rings. The van der Waals surface area contributed by atoms with Gasteiger partial charge in [-0.25, -0.2) is 0 Å². The van der Waals surface area contributed by atoms with Gasteiger partial charge < -0.3 is 10.4 Å². The SMILES string of the molecule is CCCNC1(CC(=O)O)CCCC(C2CC2)C1. The van der Waals surface area contributed by atoms with Crippen LogP contribution in [-0.2, 0) is 4.79 Å². The normalized spacial score (nSPS) is 33.6. The lowest BCUT2D eigenvalue weighted by molar-refractivity contribution is -0.139. The molecule has 0 spiro atoms. The Hall–Kier alpha value is -0.570. The van der Waals surface area contributed by atoms with Gasteiger partial charge in [-0.05, 0) is 50.5 Å². The van der Waals surface area contributed by atoms with E-state index in [0.717, 1.165) is 37.6 Å². The summed E-state index contributed by atoms with van der Waals surface area (Å²) in [6.45, 7) is 3.09. The molecule has 0 radical (unpaired) electrons. The fourth-order valence-electron chi connectivity index (χ4n) is 3.44. The van der Waals surface area contributed by atoms with Crippen molar-refractivity contribution in [3.8, 4) is 0 Å². The zero-order chi connectivity index (χ0) is 12.3. The van der Waals surface area contributed by atoms with E-state index in [1.807, 2.05) is 0 Å². The molecule has 0 heterocycles. The van der Waals surface area contributed by atoms with Gasteiger partial charge >= 0.3 is 5.97 Å². The Morgan fingerprint density at radius 2 is 2.12 bits per heavy atom.